The molecule has 1 aromatic heterocycles. The van der Waals surface area contributed by atoms with E-state index < -0.39 is 0 Å². The Labute approximate surface area is 107 Å². The number of hydrogen-bond acceptors (Lipinski definition) is 3. The molecule has 2 nitrogen and oxygen atoms in total. The Morgan fingerprint density at radius 1 is 1.38 bits per heavy atom. The standard InChI is InChI=1S/C12H16N2S.ClH/c1-7-10-5-4-9-6-13-14(3)12(9)11(10)8(2)15-7;/h6,9,12H,4-5H2,1-3H3;1H. The van der Waals surface area contributed by atoms with Crippen molar-refractivity contribution in [3.63, 3.8) is 0 Å². The summed E-state index contributed by atoms with van der Waals surface area (Å²) in [5.41, 5.74) is 3.19. The lowest BCUT2D eigenvalue weighted by Gasteiger charge is -2.30. The van der Waals surface area contributed by atoms with E-state index in [1.54, 1.807) is 11.1 Å². The fraction of sp³-hybridized carbons (Fsp3) is 0.583. The Bertz CT molecular complexity index is 438. The van der Waals surface area contributed by atoms with Crippen LogP contribution in [0.1, 0.15) is 33.3 Å². The molecule has 2 atom stereocenters. The van der Waals surface area contributed by atoms with E-state index in [4.69, 9.17) is 0 Å². The minimum absolute atomic E-state index is 0. The average molecular weight is 257 g/mol. The molecule has 0 spiro atoms. The molecule has 16 heavy (non-hydrogen) atoms. The van der Waals surface area contributed by atoms with Crippen LogP contribution in [-0.4, -0.2) is 18.3 Å². The SMILES string of the molecule is Cc1sc(C)c2c1CCC1C=NN(C)C21.Cl. The van der Waals surface area contributed by atoms with E-state index in [2.05, 4.69) is 37.2 Å². The van der Waals surface area contributed by atoms with Crippen molar-refractivity contribution >= 4 is 30.0 Å². The topological polar surface area (TPSA) is 15.6 Å². The molecule has 2 heterocycles. The number of hydrazone groups is 1. The van der Waals surface area contributed by atoms with Crippen LogP contribution in [0.15, 0.2) is 5.10 Å². The second kappa shape index (κ2) is 4.04. The van der Waals surface area contributed by atoms with Gasteiger partial charge in [-0.1, -0.05) is 0 Å². The van der Waals surface area contributed by atoms with Gasteiger partial charge in [-0.25, -0.2) is 0 Å². The van der Waals surface area contributed by atoms with E-state index in [0.29, 0.717) is 12.0 Å². The van der Waals surface area contributed by atoms with Crippen LogP contribution in [0.5, 0.6) is 0 Å². The number of fused-ring (bicyclic) bond motifs is 3. The second-order valence-electron chi connectivity index (χ2n) is 4.59. The summed E-state index contributed by atoms with van der Waals surface area (Å²) < 4.78 is 0. The third-order valence-corrected chi connectivity index (χ3v) is 4.79. The van der Waals surface area contributed by atoms with Gasteiger partial charge in [-0.15, -0.1) is 23.7 Å². The maximum Gasteiger partial charge on any atom is 0.0808 e. The molecule has 1 aliphatic carbocycles. The van der Waals surface area contributed by atoms with E-state index in [1.165, 1.54) is 22.6 Å². The number of nitrogens with zero attached hydrogens (tertiary/aromatic N) is 2. The van der Waals surface area contributed by atoms with Crippen LogP contribution < -0.4 is 0 Å². The van der Waals surface area contributed by atoms with E-state index in [-0.39, 0.29) is 12.4 Å². The predicted molar refractivity (Wildman–Crippen MR) is 71.8 cm³/mol. The fourth-order valence-corrected chi connectivity index (χ4v) is 4.16. The summed E-state index contributed by atoms with van der Waals surface area (Å²) in [7, 11) is 2.10. The normalized spacial score (nSPS) is 26.3. The lowest BCUT2D eigenvalue weighted by Crippen LogP contribution is -2.26. The summed E-state index contributed by atoms with van der Waals surface area (Å²) >= 11 is 1.95. The quantitative estimate of drug-likeness (QED) is 0.695. The molecule has 0 bridgehead atoms. The first-order valence-electron chi connectivity index (χ1n) is 5.54. The van der Waals surface area contributed by atoms with Crippen molar-refractivity contribution in [1.82, 2.24) is 5.01 Å². The van der Waals surface area contributed by atoms with Gasteiger partial charge in [0.15, 0.2) is 0 Å². The Hall–Kier alpha value is -0.540. The first kappa shape index (κ1) is 11.9. The van der Waals surface area contributed by atoms with Gasteiger partial charge in [0.05, 0.1) is 6.04 Å². The van der Waals surface area contributed by atoms with Crippen molar-refractivity contribution in [3.8, 4) is 0 Å². The maximum absolute atomic E-state index is 4.44. The zero-order valence-electron chi connectivity index (χ0n) is 9.86. The molecule has 4 heteroatoms. The van der Waals surface area contributed by atoms with Crippen molar-refractivity contribution in [3.05, 3.63) is 20.9 Å². The van der Waals surface area contributed by atoms with Crippen LogP contribution >= 0.6 is 23.7 Å². The summed E-state index contributed by atoms with van der Waals surface area (Å²) in [6, 6.07) is 0.527. The van der Waals surface area contributed by atoms with E-state index in [1.807, 2.05) is 11.3 Å². The van der Waals surface area contributed by atoms with Crippen LogP contribution in [0.4, 0.5) is 0 Å². The molecule has 0 radical (unpaired) electrons. The summed E-state index contributed by atoms with van der Waals surface area (Å²) in [5, 5.41) is 6.58. The highest BCUT2D eigenvalue weighted by Crippen LogP contribution is 2.45. The van der Waals surface area contributed by atoms with Gasteiger partial charge in [-0.2, -0.15) is 5.10 Å². The number of halogens is 1. The largest absolute Gasteiger partial charge is 0.292 e. The zero-order chi connectivity index (χ0) is 10.6. The lowest BCUT2D eigenvalue weighted by atomic mass is 9.81. The van der Waals surface area contributed by atoms with E-state index >= 15 is 0 Å². The molecule has 0 N–H and O–H groups in total. The monoisotopic (exact) mass is 256 g/mol. The lowest BCUT2D eigenvalue weighted by molar-refractivity contribution is 0.234. The molecule has 0 aromatic carbocycles. The van der Waals surface area contributed by atoms with Crippen LogP contribution in [0, 0.1) is 19.8 Å². The van der Waals surface area contributed by atoms with Gasteiger partial charge in [0, 0.05) is 28.9 Å². The molecule has 2 aliphatic rings. The molecule has 0 fully saturated rings. The summed E-state index contributed by atoms with van der Waals surface area (Å²) in [5.74, 6) is 0.648. The van der Waals surface area contributed by atoms with Crippen molar-refractivity contribution in [2.24, 2.45) is 11.0 Å². The molecule has 3 rings (SSSR count). The minimum atomic E-state index is 0. The van der Waals surface area contributed by atoms with Gasteiger partial charge in [-0.05, 0) is 37.8 Å². The molecule has 0 saturated carbocycles. The smallest absolute Gasteiger partial charge is 0.0808 e. The molecule has 2 unspecified atom stereocenters. The van der Waals surface area contributed by atoms with Crippen LogP contribution in [-0.2, 0) is 6.42 Å². The summed E-state index contributed by atoms with van der Waals surface area (Å²) in [6.07, 6.45) is 4.65. The molecule has 1 aliphatic heterocycles. The predicted octanol–water partition coefficient (Wildman–Crippen LogP) is 3.32. The number of aryl methyl sites for hydroxylation is 2. The second-order valence-corrected chi connectivity index (χ2v) is 6.02. The van der Waals surface area contributed by atoms with Crippen molar-refractivity contribution in [2.45, 2.75) is 32.7 Å². The molecule has 0 amide bonds. The fourth-order valence-electron chi connectivity index (χ4n) is 3.01. The number of hydrogen-bond donors (Lipinski definition) is 0. The van der Waals surface area contributed by atoms with Crippen molar-refractivity contribution < 1.29 is 0 Å². The zero-order valence-corrected chi connectivity index (χ0v) is 11.5. The number of thiophene rings is 1. The minimum Gasteiger partial charge on any atom is -0.292 e. The van der Waals surface area contributed by atoms with Gasteiger partial charge in [0.2, 0.25) is 0 Å². The highest BCUT2D eigenvalue weighted by molar-refractivity contribution is 7.12. The average Bonchev–Trinajstić information content (AvgIpc) is 2.70. The highest BCUT2D eigenvalue weighted by Gasteiger charge is 2.37. The Balaban J connectivity index is 0.000000963. The molecular weight excluding hydrogens is 240 g/mol. The molecular formula is C12H17ClN2S. The molecule has 88 valence electrons. The third kappa shape index (κ3) is 1.49. The Kier molecular flexibility index (Phi) is 3.01. The third-order valence-electron chi connectivity index (χ3n) is 3.71. The van der Waals surface area contributed by atoms with Gasteiger partial charge < -0.3 is 0 Å². The molecule has 1 aromatic rings. The first-order valence-corrected chi connectivity index (χ1v) is 6.36. The Morgan fingerprint density at radius 3 is 2.88 bits per heavy atom. The Morgan fingerprint density at radius 2 is 2.12 bits per heavy atom. The molecule has 0 saturated heterocycles. The van der Waals surface area contributed by atoms with Crippen LogP contribution in [0.2, 0.25) is 0 Å². The highest BCUT2D eigenvalue weighted by atomic mass is 35.5. The van der Waals surface area contributed by atoms with Gasteiger partial charge in [0.25, 0.3) is 0 Å². The van der Waals surface area contributed by atoms with E-state index in [9.17, 15) is 0 Å². The summed E-state index contributed by atoms with van der Waals surface area (Å²) in [6.45, 7) is 4.51. The maximum atomic E-state index is 4.44. The van der Waals surface area contributed by atoms with E-state index in [0.717, 1.165) is 0 Å². The summed E-state index contributed by atoms with van der Waals surface area (Å²) in [4.78, 5) is 3.01. The van der Waals surface area contributed by atoms with Crippen LogP contribution in [0.25, 0.3) is 0 Å². The van der Waals surface area contributed by atoms with Crippen molar-refractivity contribution in [2.75, 3.05) is 7.05 Å². The van der Waals surface area contributed by atoms with Gasteiger partial charge in [-0.3, -0.25) is 5.01 Å². The van der Waals surface area contributed by atoms with Gasteiger partial charge in [0.1, 0.15) is 0 Å². The van der Waals surface area contributed by atoms with Gasteiger partial charge >= 0.3 is 0 Å². The van der Waals surface area contributed by atoms with Crippen LogP contribution in [0.3, 0.4) is 0 Å². The number of rotatable bonds is 0. The first-order chi connectivity index (χ1) is 7.18. The van der Waals surface area contributed by atoms with Crippen molar-refractivity contribution in [1.29, 1.82) is 0 Å².